The van der Waals surface area contributed by atoms with Crippen LogP contribution in [0.15, 0.2) is 59.5 Å². The SMILES string of the molecule is CC(CCc1ccccc1)[NH+]1CCN(S(=O)(=O)c2ccc(F)cc2)CC1. The van der Waals surface area contributed by atoms with Gasteiger partial charge < -0.3 is 4.90 Å². The molecule has 6 heteroatoms. The lowest BCUT2D eigenvalue weighted by molar-refractivity contribution is -0.927. The van der Waals surface area contributed by atoms with Crippen LogP contribution in [0.25, 0.3) is 0 Å². The zero-order valence-corrected chi connectivity index (χ0v) is 15.9. The summed E-state index contributed by atoms with van der Waals surface area (Å²) in [5.74, 6) is -0.426. The Kier molecular flexibility index (Phi) is 6.06. The van der Waals surface area contributed by atoms with E-state index in [2.05, 4.69) is 31.2 Å². The van der Waals surface area contributed by atoms with Gasteiger partial charge in [0.05, 0.1) is 37.1 Å². The molecule has 0 amide bonds. The maximum absolute atomic E-state index is 13.0. The average molecular weight is 378 g/mol. The molecule has 26 heavy (non-hydrogen) atoms. The van der Waals surface area contributed by atoms with Crippen molar-refractivity contribution in [3.63, 3.8) is 0 Å². The van der Waals surface area contributed by atoms with E-state index in [-0.39, 0.29) is 4.90 Å². The molecule has 0 aliphatic carbocycles. The molecule has 0 bridgehead atoms. The van der Waals surface area contributed by atoms with E-state index in [4.69, 9.17) is 0 Å². The number of benzene rings is 2. The molecule has 1 aliphatic rings. The Morgan fingerprint density at radius 3 is 2.27 bits per heavy atom. The molecule has 1 aliphatic heterocycles. The fourth-order valence-corrected chi connectivity index (χ4v) is 4.94. The summed E-state index contributed by atoms with van der Waals surface area (Å²) < 4.78 is 39.9. The lowest BCUT2D eigenvalue weighted by Gasteiger charge is -2.34. The van der Waals surface area contributed by atoms with Crippen LogP contribution in [-0.2, 0) is 16.4 Å². The van der Waals surface area contributed by atoms with Crippen LogP contribution >= 0.6 is 0 Å². The molecule has 0 spiro atoms. The van der Waals surface area contributed by atoms with Gasteiger partial charge in [0.2, 0.25) is 10.0 Å². The van der Waals surface area contributed by atoms with E-state index in [1.165, 1.54) is 39.0 Å². The van der Waals surface area contributed by atoms with Crippen LogP contribution in [0.1, 0.15) is 18.9 Å². The summed E-state index contributed by atoms with van der Waals surface area (Å²) in [7, 11) is -3.53. The highest BCUT2D eigenvalue weighted by Gasteiger charge is 2.32. The van der Waals surface area contributed by atoms with Crippen molar-refractivity contribution in [1.29, 1.82) is 0 Å². The number of sulfonamides is 1. The van der Waals surface area contributed by atoms with Crippen LogP contribution in [-0.4, -0.2) is 44.9 Å². The Bertz CT molecular complexity index is 801. The van der Waals surface area contributed by atoms with E-state index >= 15 is 0 Å². The van der Waals surface area contributed by atoms with Gasteiger partial charge in [-0.25, -0.2) is 12.8 Å². The molecular weight excluding hydrogens is 351 g/mol. The second-order valence-corrected chi connectivity index (χ2v) is 8.88. The Balaban J connectivity index is 1.54. The van der Waals surface area contributed by atoms with Gasteiger partial charge in [0.15, 0.2) is 0 Å². The number of halogens is 1. The van der Waals surface area contributed by atoms with Crippen molar-refractivity contribution in [2.75, 3.05) is 26.2 Å². The monoisotopic (exact) mass is 377 g/mol. The average Bonchev–Trinajstić information content (AvgIpc) is 2.67. The van der Waals surface area contributed by atoms with Crippen molar-refractivity contribution in [2.24, 2.45) is 0 Å². The predicted molar refractivity (Wildman–Crippen MR) is 100 cm³/mol. The molecule has 0 saturated carbocycles. The van der Waals surface area contributed by atoms with E-state index in [0.717, 1.165) is 25.9 Å². The number of nitrogens with one attached hydrogen (secondary N) is 1. The molecule has 0 aromatic heterocycles. The van der Waals surface area contributed by atoms with Gasteiger partial charge in [-0.1, -0.05) is 30.3 Å². The third-order valence-electron chi connectivity index (χ3n) is 5.22. The predicted octanol–water partition coefficient (Wildman–Crippen LogP) is 1.74. The van der Waals surface area contributed by atoms with Crippen molar-refractivity contribution >= 4 is 10.0 Å². The second-order valence-electron chi connectivity index (χ2n) is 6.94. The van der Waals surface area contributed by atoms with Gasteiger partial charge in [-0.3, -0.25) is 0 Å². The van der Waals surface area contributed by atoms with E-state index < -0.39 is 15.8 Å². The standard InChI is InChI=1S/C20H25FN2O2S/c1-17(7-8-18-5-3-2-4-6-18)22-13-15-23(16-14-22)26(24,25)20-11-9-19(21)10-12-20/h2-6,9-12,17H,7-8,13-16H2,1H3/p+1. The zero-order valence-electron chi connectivity index (χ0n) is 15.1. The fraction of sp³-hybridized carbons (Fsp3) is 0.400. The summed E-state index contributed by atoms with van der Waals surface area (Å²) in [6, 6.07) is 16.0. The van der Waals surface area contributed by atoms with Gasteiger partial charge >= 0.3 is 0 Å². The topological polar surface area (TPSA) is 41.8 Å². The minimum atomic E-state index is -3.53. The molecule has 3 rings (SSSR count). The summed E-state index contributed by atoms with van der Waals surface area (Å²) in [6.45, 7) is 4.85. The number of aryl methyl sites for hydroxylation is 1. The maximum Gasteiger partial charge on any atom is 0.243 e. The number of hydrogen-bond donors (Lipinski definition) is 1. The molecule has 1 saturated heterocycles. The second kappa shape index (κ2) is 8.29. The van der Waals surface area contributed by atoms with Gasteiger partial charge in [-0.15, -0.1) is 0 Å². The molecule has 0 radical (unpaired) electrons. The van der Waals surface area contributed by atoms with Gasteiger partial charge in [-0.2, -0.15) is 4.31 Å². The minimum Gasteiger partial charge on any atom is -0.331 e. The maximum atomic E-state index is 13.0. The van der Waals surface area contributed by atoms with Crippen molar-refractivity contribution in [3.8, 4) is 0 Å². The van der Waals surface area contributed by atoms with Crippen LogP contribution in [0, 0.1) is 5.82 Å². The van der Waals surface area contributed by atoms with Gasteiger partial charge in [-0.05, 0) is 43.2 Å². The molecule has 1 N–H and O–H groups in total. The number of hydrogen-bond acceptors (Lipinski definition) is 2. The van der Waals surface area contributed by atoms with Crippen LogP contribution < -0.4 is 4.90 Å². The van der Waals surface area contributed by atoms with Gasteiger partial charge in [0, 0.05) is 6.42 Å². The summed E-state index contributed by atoms with van der Waals surface area (Å²) in [4.78, 5) is 1.62. The normalized spacial score (nSPS) is 17.9. The number of nitrogens with zero attached hydrogens (tertiary/aromatic N) is 1. The summed E-state index contributed by atoms with van der Waals surface area (Å²) in [6.07, 6.45) is 2.13. The highest BCUT2D eigenvalue weighted by Crippen LogP contribution is 2.16. The smallest absolute Gasteiger partial charge is 0.243 e. The van der Waals surface area contributed by atoms with Gasteiger partial charge in [0.25, 0.3) is 0 Å². The Labute approximate surface area is 155 Å². The summed E-state index contributed by atoms with van der Waals surface area (Å²) in [5, 5.41) is 0. The number of rotatable bonds is 6. The number of piperazine rings is 1. The van der Waals surface area contributed by atoms with Crippen molar-refractivity contribution in [1.82, 2.24) is 4.31 Å². The van der Waals surface area contributed by atoms with E-state index in [1.54, 1.807) is 0 Å². The van der Waals surface area contributed by atoms with Crippen LogP contribution in [0.3, 0.4) is 0 Å². The Hall–Kier alpha value is -1.76. The van der Waals surface area contributed by atoms with E-state index in [9.17, 15) is 12.8 Å². The fourth-order valence-electron chi connectivity index (χ4n) is 3.49. The van der Waals surface area contributed by atoms with Crippen LogP contribution in [0.2, 0.25) is 0 Å². The lowest BCUT2D eigenvalue weighted by atomic mass is 10.0. The Morgan fingerprint density at radius 2 is 1.65 bits per heavy atom. The molecule has 140 valence electrons. The van der Waals surface area contributed by atoms with Crippen molar-refractivity contribution in [2.45, 2.75) is 30.7 Å². The first-order valence-corrected chi connectivity index (χ1v) is 10.5. The molecule has 1 heterocycles. The molecule has 2 aromatic rings. The lowest BCUT2D eigenvalue weighted by Crippen LogP contribution is -3.18. The first-order valence-electron chi connectivity index (χ1n) is 9.11. The third kappa shape index (κ3) is 4.50. The number of quaternary nitrogens is 1. The van der Waals surface area contributed by atoms with Crippen LogP contribution in [0.4, 0.5) is 4.39 Å². The molecular formula is C20H26FN2O2S+. The molecule has 1 atom stereocenters. The first kappa shape index (κ1) is 19.0. The van der Waals surface area contributed by atoms with Crippen LogP contribution in [0.5, 0.6) is 0 Å². The molecule has 4 nitrogen and oxygen atoms in total. The minimum absolute atomic E-state index is 0.166. The van der Waals surface area contributed by atoms with E-state index in [0.29, 0.717) is 19.1 Å². The summed E-state index contributed by atoms with van der Waals surface area (Å²) >= 11 is 0. The zero-order chi connectivity index (χ0) is 18.6. The van der Waals surface area contributed by atoms with E-state index in [1.807, 2.05) is 6.07 Å². The summed E-state index contributed by atoms with van der Waals surface area (Å²) in [5.41, 5.74) is 1.34. The molecule has 2 aromatic carbocycles. The van der Waals surface area contributed by atoms with Gasteiger partial charge in [0.1, 0.15) is 5.82 Å². The molecule has 1 unspecified atom stereocenters. The molecule has 1 fully saturated rings. The third-order valence-corrected chi connectivity index (χ3v) is 7.13. The largest absolute Gasteiger partial charge is 0.331 e. The van der Waals surface area contributed by atoms with Crippen molar-refractivity contribution < 1.29 is 17.7 Å². The Morgan fingerprint density at radius 1 is 1.04 bits per heavy atom. The first-order chi connectivity index (χ1) is 12.5. The highest BCUT2D eigenvalue weighted by atomic mass is 32.2. The highest BCUT2D eigenvalue weighted by molar-refractivity contribution is 7.89. The quantitative estimate of drug-likeness (QED) is 0.833. The van der Waals surface area contributed by atoms with Crippen molar-refractivity contribution in [3.05, 3.63) is 66.0 Å².